The molecule has 1 fully saturated rings. The summed E-state index contributed by atoms with van der Waals surface area (Å²) in [6.07, 6.45) is 6.32. The summed E-state index contributed by atoms with van der Waals surface area (Å²) in [4.78, 5) is 28.6. The summed E-state index contributed by atoms with van der Waals surface area (Å²) < 4.78 is 27.1. The standard InChI is InChI=1S/C30H37N3O4S/c1-22-16-18-24(19-17-22)20-32(23(2)30(35)31-26-12-5-4-6-13-26)29(34)21-33(38(3,36)37)28-15-9-11-25-10-7-8-14-27(25)28/h7-11,14-19,23,26H,4-6,12-13,20-21H2,1-3H3,(H,31,35). The van der Waals surface area contributed by atoms with Crippen molar-refractivity contribution in [3.8, 4) is 0 Å². The molecule has 7 nitrogen and oxygen atoms in total. The maximum atomic E-state index is 13.9. The van der Waals surface area contributed by atoms with E-state index in [1.54, 1.807) is 19.1 Å². The quantitative estimate of drug-likeness (QED) is 0.427. The topological polar surface area (TPSA) is 86.8 Å². The third kappa shape index (κ3) is 6.72. The Morgan fingerprint density at radius 3 is 2.29 bits per heavy atom. The van der Waals surface area contributed by atoms with E-state index in [0.29, 0.717) is 5.69 Å². The van der Waals surface area contributed by atoms with Crippen LogP contribution in [0, 0.1) is 6.92 Å². The van der Waals surface area contributed by atoms with Gasteiger partial charge >= 0.3 is 0 Å². The van der Waals surface area contributed by atoms with Crippen molar-refractivity contribution in [3.05, 3.63) is 77.9 Å². The van der Waals surface area contributed by atoms with Gasteiger partial charge in [-0.3, -0.25) is 13.9 Å². The fourth-order valence-electron chi connectivity index (χ4n) is 5.06. The summed E-state index contributed by atoms with van der Waals surface area (Å²) in [6.45, 7) is 3.50. The van der Waals surface area contributed by atoms with Crippen LogP contribution in [-0.4, -0.2) is 50.0 Å². The number of nitrogens with zero attached hydrogens (tertiary/aromatic N) is 2. The molecule has 4 rings (SSSR count). The number of benzene rings is 3. The number of hydrogen-bond acceptors (Lipinski definition) is 4. The van der Waals surface area contributed by atoms with Gasteiger partial charge < -0.3 is 10.2 Å². The molecule has 0 aliphatic heterocycles. The van der Waals surface area contributed by atoms with Crippen LogP contribution in [0.15, 0.2) is 66.7 Å². The molecule has 8 heteroatoms. The first-order valence-electron chi connectivity index (χ1n) is 13.2. The van der Waals surface area contributed by atoms with Crippen molar-refractivity contribution in [2.45, 2.75) is 64.6 Å². The molecule has 2 amide bonds. The summed E-state index contributed by atoms with van der Waals surface area (Å²) in [5.74, 6) is -0.649. The van der Waals surface area contributed by atoms with Crippen LogP contribution in [0.1, 0.15) is 50.2 Å². The molecular weight excluding hydrogens is 498 g/mol. The van der Waals surface area contributed by atoms with Crippen LogP contribution in [0.5, 0.6) is 0 Å². The van der Waals surface area contributed by atoms with Gasteiger partial charge in [-0.2, -0.15) is 0 Å². The molecule has 0 aromatic heterocycles. The van der Waals surface area contributed by atoms with E-state index >= 15 is 0 Å². The number of hydrogen-bond donors (Lipinski definition) is 1. The van der Waals surface area contributed by atoms with E-state index in [-0.39, 0.29) is 18.5 Å². The normalized spacial score (nSPS) is 15.1. The van der Waals surface area contributed by atoms with Crippen molar-refractivity contribution in [2.24, 2.45) is 0 Å². The minimum atomic E-state index is -3.80. The predicted molar refractivity (Wildman–Crippen MR) is 152 cm³/mol. The van der Waals surface area contributed by atoms with Crippen LogP contribution >= 0.6 is 0 Å². The first-order chi connectivity index (χ1) is 18.1. The fourth-order valence-corrected chi connectivity index (χ4v) is 5.92. The minimum Gasteiger partial charge on any atom is -0.352 e. The first kappa shape index (κ1) is 27.6. The Kier molecular flexibility index (Phi) is 8.72. The molecule has 1 atom stereocenters. The molecule has 0 saturated heterocycles. The van der Waals surface area contributed by atoms with Crippen molar-refractivity contribution >= 4 is 38.3 Å². The van der Waals surface area contributed by atoms with Gasteiger partial charge in [-0.25, -0.2) is 8.42 Å². The highest BCUT2D eigenvalue weighted by Gasteiger charge is 2.31. The second-order valence-electron chi connectivity index (χ2n) is 10.3. The zero-order valence-electron chi connectivity index (χ0n) is 22.4. The SMILES string of the molecule is Cc1ccc(CN(C(=O)CN(c2cccc3ccccc23)S(C)(=O)=O)C(C)C(=O)NC2CCCCC2)cc1. The molecular formula is C30H37N3O4S. The van der Waals surface area contributed by atoms with Crippen molar-refractivity contribution in [3.63, 3.8) is 0 Å². The number of amides is 2. The maximum absolute atomic E-state index is 13.9. The average molecular weight is 536 g/mol. The number of sulfonamides is 1. The van der Waals surface area contributed by atoms with Crippen molar-refractivity contribution in [1.29, 1.82) is 0 Å². The molecule has 38 heavy (non-hydrogen) atoms. The Balaban J connectivity index is 1.64. The highest BCUT2D eigenvalue weighted by Crippen LogP contribution is 2.29. The minimum absolute atomic E-state index is 0.109. The number of rotatable bonds is 9. The van der Waals surface area contributed by atoms with Crippen LogP contribution in [-0.2, 0) is 26.2 Å². The van der Waals surface area contributed by atoms with Gasteiger partial charge in [0.2, 0.25) is 21.8 Å². The molecule has 1 aliphatic carbocycles. The Morgan fingerprint density at radius 2 is 1.61 bits per heavy atom. The van der Waals surface area contributed by atoms with Gasteiger partial charge in [0.05, 0.1) is 11.9 Å². The van der Waals surface area contributed by atoms with Crippen LogP contribution < -0.4 is 9.62 Å². The third-order valence-electron chi connectivity index (χ3n) is 7.31. The Bertz CT molecular complexity index is 1380. The molecule has 3 aromatic rings. The largest absolute Gasteiger partial charge is 0.352 e. The lowest BCUT2D eigenvalue weighted by atomic mass is 9.95. The van der Waals surface area contributed by atoms with E-state index in [1.807, 2.05) is 61.5 Å². The zero-order chi connectivity index (χ0) is 27.3. The van der Waals surface area contributed by atoms with Gasteiger partial charge in [-0.05, 0) is 43.7 Å². The molecule has 0 heterocycles. The van der Waals surface area contributed by atoms with Crippen LogP contribution in [0.4, 0.5) is 5.69 Å². The van der Waals surface area contributed by atoms with E-state index in [2.05, 4.69) is 5.32 Å². The highest BCUT2D eigenvalue weighted by atomic mass is 32.2. The Labute approximate surface area is 225 Å². The molecule has 1 N–H and O–H groups in total. The lowest BCUT2D eigenvalue weighted by Crippen LogP contribution is -2.53. The van der Waals surface area contributed by atoms with Crippen molar-refractivity contribution in [1.82, 2.24) is 10.2 Å². The van der Waals surface area contributed by atoms with Crippen LogP contribution in [0.25, 0.3) is 10.8 Å². The van der Waals surface area contributed by atoms with E-state index in [1.165, 1.54) is 11.3 Å². The van der Waals surface area contributed by atoms with Gasteiger partial charge in [0.1, 0.15) is 12.6 Å². The zero-order valence-corrected chi connectivity index (χ0v) is 23.2. The molecule has 0 spiro atoms. The molecule has 0 radical (unpaired) electrons. The molecule has 1 saturated carbocycles. The number of fused-ring (bicyclic) bond motifs is 1. The average Bonchev–Trinajstić information content (AvgIpc) is 2.90. The van der Waals surface area contributed by atoms with E-state index in [4.69, 9.17) is 0 Å². The summed E-state index contributed by atoms with van der Waals surface area (Å²) in [5, 5.41) is 4.74. The van der Waals surface area contributed by atoms with Crippen molar-refractivity contribution in [2.75, 3.05) is 17.1 Å². The van der Waals surface area contributed by atoms with Crippen LogP contribution in [0.3, 0.4) is 0 Å². The Morgan fingerprint density at radius 1 is 0.947 bits per heavy atom. The highest BCUT2D eigenvalue weighted by molar-refractivity contribution is 7.92. The van der Waals surface area contributed by atoms with E-state index < -0.39 is 28.5 Å². The first-order valence-corrected chi connectivity index (χ1v) is 15.1. The number of nitrogens with one attached hydrogen (secondary N) is 1. The van der Waals surface area contributed by atoms with E-state index in [9.17, 15) is 18.0 Å². The maximum Gasteiger partial charge on any atom is 0.244 e. The summed E-state index contributed by atoms with van der Waals surface area (Å²) >= 11 is 0. The summed E-state index contributed by atoms with van der Waals surface area (Å²) in [6, 6.07) is 20.0. The Hall–Kier alpha value is -3.39. The molecule has 3 aromatic carbocycles. The van der Waals surface area contributed by atoms with E-state index in [0.717, 1.165) is 58.1 Å². The number of anilines is 1. The number of carbonyl (C=O) groups is 2. The number of carbonyl (C=O) groups excluding carboxylic acids is 2. The van der Waals surface area contributed by atoms with Gasteiger partial charge in [0, 0.05) is 18.0 Å². The van der Waals surface area contributed by atoms with Crippen molar-refractivity contribution < 1.29 is 18.0 Å². The monoisotopic (exact) mass is 535 g/mol. The summed E-state index contributed by atoms with van der Waals surface area (Å²) in [7, 11) is -3.80. The van der Waals surface area contributed by atoms with Gasteiger partial charge in [-0.1, -0.05) is 85.5 Å². The summed E-state index contributed by atoms with van der Waals surface area (Å²) in [5.41, 5.74) is 2.40. The second kappa shape index (κ2) is 12.0. The van der Waals surface area contributed by atoms with Gasteiger partial charge in [0.15, 0.2) is 0 Å². The van der Waals surface area contributed by atoms with Gasteiger partial charge in [-0.15, -0.1) is 0 Å². The lowest BCUT2D eigenvalue weighted by Gasteiger charge is -2.33. The third-order valence-corrected chi connectivity index (χ3v) is 8.43. The second-order valence-corrected chi connectivity index (χ2v) is 12.2. The smallest absolute Gasteiger partial charge is 0.244 e. The number of aryl methyl sites for hydroxylation is 1. The fraction of sp³-hybridized carbons (Fsp3) is 0.400. The molecule has 202 valence electrons. The predicted octanol–water partition coefficient (Wildman–Crippen LogP) is 4.78. The lowest BCUT2D eigenvalue weighted by molar-refractivity contribution is -0.139. The van der Waals surface area contributed by atoms with Crippen LogP contribution in [0.2, 0.25) is 0 Å². The molecule has 1 aliphatic rings. The molecule has 0 bridgehead atoms. The van der Waals surface area contributed by atoms with Gasteiger partial charge in [0.25, 0.3) is 0 Å². The molecule has 1 unspecified atom stereocenters.